The number of nitrogens with zero attached hydrogens (tertiary/aromatic N) is 1. The van der Waals surface area contributed by atoms with Crippen LogP contribution in [0, 0.1) is 10.1 Å². The number of benzene rings is 1. The fourth-order valence-corrected chi connectivity index (χ4v) is 1.28. The minimum absolute atomic E-state index is 0.109. The molecule has 0 fully saturated rings. The van der Waals surface area contributed by atoms with E-state index in [4.69, 9.17) is 10.8 Å². The Morgan fingerprint density at radius 3 is 2.33 bits per heavy atom. The van der Waals surface area contributed by atoms with Crippen LogP contribution in [0.4, 0.5) is 11.4 Å². The smallest absolute Gasteiger partial charge is 0.326 e. The molecule has 0 aliphatic carbocycles. The van der Waals surface area contributed by atoms with Gasteiger partial charge >= 0.3 is 5.97 Å². The Bertz CT molecular complexity index is 471. The lowest BCUT2D eigenvalue weighted by atomic mass is 10.2. The zero-order valence-electron chi connectivity index (χ0n) is 9.20. The predicted molar refractivity (Wildman–Crippen MR) is 62.0 cm³/mol. The molecule has 1 aromatic rings. The minimum Gasteiger partial charge on any atom is -0.480 e. The average Bonchev–Trinajstić information content (AvgIpc) is 2.28. The van der Waals surface area contributed by atoms with Crippen LogP contribution in [0.5, 0.6) is 0 Å². The van der Waals surface area contributed by atoms with Crippen LogP contribution in [-0.4, -0.2) is 27.9 Å². The molecule has 0 aliphatic heterocycles. The summed E-state index contributed by atoms with van der Waals surface area (Å²) in [4.78, 5) is 31.4. The van der Waals surface area contributed by atoms with E-state index in [-0.39, 0.29) is 12.1 Å². The molecular weight excluding hydrogens is 242 g/mol. The molecule has 0 saturated carbocycles. The lowest BCUT2D eigenvalue weighted by Gasteiger charge is -2.13. The van der Waals surface area contributed by atoms with Gasteiger partial charge in [-0.25, -0.2) is 4.79 Å². The molecule has 0 saturated heterocycles. The topological polar surface area (TPSA) is 136 Å². The van der Waals surface area contributed by atoms with Gasteiger partial charge in [-0.05, 0) is 12.1 Å². The summed E-state index contributed by atoms with van der Waals surface area (Å²) in [7, 11) is 0. The highest BCUT2D eigenvalue weighted by Crippen LogP contribution is 2.16. The first kappa shape index (κ1) is 13.4. The van der Waals surface area contributed by atoms with Crippen LogP contribution < -0.4 is 11.1 Å². The van der Waals surface area contributed by atoms with Crippen molar-refractivity contribution in [2.45, 2.75) is 12.5 Å². The number of rotatable bonds is 6. The first-order chi connectivity index (χ1) is 8.40. The van der Waals surface area contributed by atoms with Crippen LogP contribution in [-0.2, 0) is 9.59 Å². The molecule has 0 radical (unpaired) electrons. The summed E-state index contributed by atoms with van der Waals surface area (Å²) in [5, 5.41) is 21.8. The molecule has 4 N–H and O–H groups in total. The van der Waals surface area contributed by atoms with Crippen LogP contribution in [0.25, 0.3) is 0 Å². The number of carboxylic acids is 1. The summed E-state index contributed by atoms with van der Waals surface area (Å²) in [6.45, 7) is 0. The summed E-state index contributed by atoms with van der Waals surface area (Å²) in [5.74, 6) is -1.98. The molecule has 8 heteroatoms. The van der Waals surface area contributed by atoms with Gasteiger partial charge in [-0.2, -0.15) is 0 Å². The van der Waals surface area contributed by atoms with E-state index in [2.05, 4.69) is 5.32 Å². The number of nitro groups is 1. The second-order valence-electron chi connectivity index (χ2n) is 3.51. The van der Waals surface area contributed by atoms with Gasteiger partial charge < -0.3 is 16.2 Å². The van der Waals surface area contributed by atoms with E-state index in [0.29, 0.717) is 5.69 Å². The van der Waals surface area contributed by atoms with E-state index in [1.165, 1.54) is 24.3 Å². The monoisotopic (exact) mass is 253 g/mol. The number of carbonyl (C=O) groups excluding carboxylic acids is 1. The standard InChI is InChI=1S/C10H11N3O5/c11-9(14)5-8(10(15)16)12-6-1-3-7(4-2-6)13(17)18/h1-4,8,12H,5H2,(H2,11,14)(H,15,16)/t8-/m0/s1. The third kappa shape index (κ3) is 3.74. The van der Waals surface area contributed by atoms with Gasteiger partial charge in [-0.3, -0.25) is 14.9 Å². The molecule has 1 rings (SSSR count). The largest absolute Gasteiger partial charge is 0.480 e. The maximum Gasteiger partial charge on any atom is 0.326 e. The summed E-state index contributed by atoms with van der Waals surface area (Å²) in [6, 6.07) is 4.00. The normalized spacial score (nSPS) is 11.6. The van der Waals surface area contributed by atoms with Crippen molar-refractivity contribution in [3.05, 3.63) is 34.4 Å². The van der Waals surface area contributed by atoms with Crippen molar-refractivity contribution in [2.75, 3.05) is 5.32 Å². The predicted octanol–water partition coefficient (Wildman–Crippen LogP) is 0.335. The van der Waals surface area contributed by atoms with Crippen molar-refractivity contribution < 1.29 is 19.6 Å². The van der Waals surface area contributed by atoms with Gasteiger partial charge in [0.05, 0.1) is 11.3 Å². The van der Waals surface area contributed by atoms with Gasteiger partial charge in [-0.1, -0.05) is 0 Å². The van der Waals surface area contributed by atoms with Gasteiger partial charge in [0.25, 0.3) is 5.69 Å². The Labute approximate surface area is 102 Å². The number of hydrogen-bond donors (Lipinski definition) is 3. The Morgan fingerprint density at radius 2 is 1.94 bits per heavy atom. The Morgan fingerprint density at radius 1 is 1.39 bits per heavy atom. The molecule has 8 nitrogen and oxygen atoms in total. The highest BCUT2D eigenvalue weighted by Gasteiger charge is 2.19. The molecule has 1 aromatic carbocycles. The first-order valence-electron chi connectivity index (χ1n) is 4.92. The molecule has 0 bridgehead atoms. The highest BCUT2D eigenvalue weighted by atomic mass is 16.6. The lowest BCUT2D eigenvalue weighted by molar-refractivity contribution is -0.384. The number of nitro benzene ring substituents is 1. The molecule has 0 heterocycles. The molecular formula is C10H11N3O5. The van der Waals surface area contributed by atoms with Crippen LogP contribution in [0.15, 0.2) is 24.3 Å². The number of nitrogens with two attached hydrogens (primary N) is 1. The van der Waals surface area contributed by atoms with E-state index in [1.54, 1.807) is 0 Å². The van der Waals surface area contributed by atoms with Gasteiger partial charge in [0.15, 0.2) is 0 Å². The molecule has 18 heavy (non-hydrogen) atoms. The Hall–Kier alpha value is -2.64. The molecule has 1 amide bonds. The molecule has 0 aliphatic rings. The lowest BCUT2D eigenvalue weighted by Crippen LogP contribution is -2.33. The third-order valence-corrected chi connectivity index (χ3v) is 2.12. The van der Waals surface area contributed by atoms with E-state index in [1.807, 2.05) is 0 Å². The zero-order valence-corrected chi connectivity index (χ0v) is 9.20. The van der Waals surface area contributed by atoms with Crippen LogP contribution in [0.2, 0.25) is 0 Å². The van der Waals surface area contributed by atoms with Crippen LogP contribution in [0.1, 0.15) is 6.42 Å². The number of nitrogens with one attached hydrogen (secondary N) is 1. The van der Waals surface area contributed by atoms with Gasteiger partial charge in [0.2, 0.25) is 5.91 Å². The number of hydrogen-bond acceptors (Lipinski definition) is 5. The number of amides is 1. The number of anilines is 1. The maximum absolute atomic E-state index is 10.8. The summed E-state index contributed by atoms with van der Waals surface area (Å²) < 4.78 is 0. The summed E-state index contributed by atoms with van der Waals surface area (Å²) in [6.07, 6.45) is -0.369. The van der Waals surface area contributed by atoms with Gasteiger partial charge in [0.1, 0.15) is 6.04 Å². The van der Waals surface area contributed by atoms with E-state index in [0.717, 1.165) is 0 Å². The Balaban J connectivity index is 2.78. The molecule has 1 atom stereocenters. The second kappa shape index (κ2) is 5.62. The number of aliphatic carboxylic acids is 1. The average molecular weight is 253 g/mol. The number of primary amides is 1. The molecule has 0 aromatic heterocycles. The van der Waals surface area contributed by atoms with Crippen molar-refractivity contribution in [3.63, 3.8) is 0 Å². The van der Waals surface area contributed by atoms with E-state index in [9.17, 15) is 19.7 Å². The first-order valence-corrected chi connectivity index (χ1v) is 4.92. The fourth-order valence-electron chi connectivity index (χ4n) is 1.28. The maximum atomic E-state index is 10.8. The molecule has 96 valence electrons. The van der Waals surface area contributed by atoms with Crippen molar-refractivity contribution in [1.29, 1.82) is 0 Å². The SMILES string of the molecule is NC(=O)C[C@H](Nc1ccc([N+](=O)[O-])cc1)C(=O)O. The van der Waals surface area contributed by atoms with Crippen molar-refractivity contribution >= 4 is 23.3 Å². The highest BCUT2D eigenvalue weighted by molar-refractivity contribution is 5.85. The zero-order chi connectivity index (χ0) is 13.7. The Kier molecular flexibility index (Phi) is 4.19. The van der Waals surface area contributed by atoms with Gasteiger partial charge in [0, 0.05) is 17.8 Å². The van der Waals surface area contributed by atoms with Crippen LogP contribution in [0.3, 0.4) is 0 Å². The number of carboxylic acid groups (broad SMARTS) is 1. The van der Waals surface area contributed by atoms with Crippen molar-refractivity contribution in [3.8, 4) is 0 Å². The second-order valence-corrected chi connectivity index (χ2v) is 3.51. The van der Waals surface area contributed by atoms with Crippen LogP contribution >= 0.6 is 0 Å². The third-order valence-electron chi connectivity index (χ3n) is 2.12. The summed E-state index contributed by atoms with van der Waals surface area (Å²) >= 11 is 0. The quantitative estimate of drug-likeness (QED) is 0.494. The van der Waals surface area contributed by atoms with E-state index < -0.39 is 22.8 Å². The van der Waals surface area contributed by atoms with Crippen molar-refractivity contribution in [1.82, 2.24) is 0 Å². The summed E-state index contributed by atoms with van der Waals surface area (Å²) in [5.41, 5.74) is 5.16. The molecule has 0 unspecified atom stereocenters. The van der Waals surface area contributed by atoms with Crippen molar-refractivity contribution in [2.24, 2.45) is 5.73 Å². The molecule has 0 spiro atoms. The number of non-ortho nitro benzene ring substituents is 1. The minimum atomic E-state index is -1.23. The number of carbonyl (C=O) groups is 2. The van der Waals surface area contributed by atoms with Gasteiger partial charge in [-0.15, -0.1) is 0 Å². The van der Waals surface area contributed by atoms with E-state index >= 15 is 0 Å². The fraction of sp³-hybridized carbons (Fsp3) is 0.200.